The zero-order valence-electron chi connectivity index (χ0n) is 10.7. The Morgan fingerprint density at radius 1 is 1.20 bits per heavy atom. The third kappa shape index (κ3) is 4.39. The Bertz CT molecular complexity index is 357. The van der Waals surface area contributed by atoms with E-state index in [2.05, 4.69) is 11.3 Å². The maximum Gasteiger partial charge on any atom is 0.426 e. The Labute approximate surface area is 111 Å². The number of alkyl halides is 6. The van der Waals surface area contributed by atoms with Gasteiger partial charge in [-0.2, -0.15) is 26.3 Å². The van der Waals surface area contributed by atoms with Crippen LogP contribution in [-0.2, 0) is 9.53 Å². The van der Waals surface area contributed by atoms with Crippen molar-refractivity contribution in [1.29, 1.82) is 0 Å². The van der Waals surface area contributed by atoms with Crippen LogP contribution in [0.25, 0.3) is 0 Å². The number of aliphatic hydroxyl groups is 1. The topological polar surface area (TPSA) is 46.5 Å². The van der Waals surface area contributed by atoms with Gasteiger partial charge in [-0.25, -0.2) is 4.79 Å². The number of halogens is 6. The summed E-state index contributed by atoms with van der Waals surface area (Å²) < 4.78 is 78.8. The average Bonchev–Trinajstić information content (AvgIpc) is 2.22. The molecule has 20 heavy (non-hydrogen) atoms. The third-order valence-corrected chi connectivity index (χ3v) is 2.43. The van der Waals surface area contributed by atoms with Crippen molar-refractivity contribution in [2.75, 3.05) is 6.61 Å². The predicted octanol–water partition coefficient (Wildman–Crippen LogP) is 2.99. The highest BCUT2D eigenvalue weighted by molar-refractivity contribution is 5.86. The van der Waals surface area contributed by atoms with Gasteiger partial charge in [0.15, 0.2) is 0 Å². The monoisotopic (exact) mass is 308 g/mol. The summed E-state index contributed by atoms with van der Waals surface area (Å²) in [6.45, 7) is 4.77. The van der Waals surface area contributed by atoms with Crippen molar-refractivity contribution in [3.05, 3.63) is 12.2 Å². The SMILES string of the molecule is C=C(C)C(=O)OC[C@H](C)CC(O)(C(F)(F)F)C(F)(F)F. The molecule has 0 aliphatic rings. The minimum atomic E-state index is -5.88. The molecule has 0 rings (SSSR count). The highest BCUT2D eigenvalue weighted by atomic mass is 19.4. The van der Waals surface area contributed by atoms with Crippen LogP contribution in [-0.4, -0.2) is 35.6 Å². The van der Waals surface area contributed by atoms with E-state index in [1.165, 1.54) is 6.92 Å². The minimum absolute atomic E-state index is 0.0425. The third-order valence-electron chi connectivity index (χ3n) is 2.43. The normalized spacial score (nSPS) is 14.8. The van der Waals surface area contributed by atoms with Crippen molar-refractivity contribution in [2.24, 2.45) is 5.92 Å². The second-order valence-corrected chi connectivity index (χ2v) is 4.54. The molecule has 0 fully saturated rings. The molecule has 0 saturated heterocycles. The summed E-state index contributed by atoms with van der Waals surface area (Å²) >= 11 is 0. The van der Waals surface area contributed by atoms with Crippen molar-refractivity contribution in [3.63, 3.8) is 0 Å². The van der Waals surface area contributed by atoms with Crippen LogP contribution in [0, 0.1) is 5.92 Å². The fourth-order valence-electron chi connectivity index (χ4n) is 1.30. The number of hydrogen-bond acceptors (Lipinski definition) is 3. The number of ether oxygens (including phenoxy) is 1. The first-order valence-corrected chi connectivity index (χ1v) is 5.41. The summed E-state index contributed by atoms with van der Waals surface area (Å²) in [5.41, 5.74) is -4.88. The van der Waals surface area contributed by atoms with E-state index in [0.29, 0.717) is 0 Å². The van der Waals surface area contributed by atoms with E-state index in [-0.39, 0.29) is 5.57 Å². The summed E-state index contributed by atoms with van der Waals surface area (Å²) in [6, 6.07) is 0. The molecule has 0 aromatic heterocycles. The first-order valence-electron chi connectivity index (χ1n) is 5.41. The molecule has 0 radical (unpaired) electrons. The highest BCUT2D eigenvalue weighted by Gasteiger charge is 2.70. The Morgan fingerprint density at radius 2 is 1.60 bits per heavy atom. The van der Waals surface area contributed by atoms with Gasteiger partial charge in [-0.15, -0.1) is 0 Å². The van der Waals surface area contributed by atoms with E-state index in [1.807, 2.05) is 0 Å². The Morgan fingerprint density at radius 3 is 1.90 bits per heavy atom. The van der Waals surface area contributed by atoms with Crippen LogP contribution in [0.2, 0.25) is 0 Å². The molecule has 118 valence electrons. The number of carbonyl (C=O) groups excluding carboxylic acids is 1. The molecule has 0 aliphatic heterocycles. The molecule has 1 atom stereocenters. The molecule has 0 amide bonds. The lowest BCUT2D eigenvalue weighted by Gasteiger charge is -2.34. The Kier molecular flexibility index (Phi) is 5.65. The van der Waals surface area contributed by atoms with E-state index in [1.54, 1.807) is 0 Å². The fraction of sp³-hybridized carbons (Fsp3) is 0.727. The number of carbonyl (C=O) groups is 1. The molecule has 1 N–H and O–H groups in total. The molecule has 0 heterocycles. The molecule has 0 aromatic rings. The van der Waals surface area contributed by atoms with Crippen LogP contribution < -0.4 is 0 Å². The largest absolute Gasteiger partial charge is 0.462 e. The standard InChI is InChI=1S/C11H14F6O3/c1-6(2)8(18)20-5-7(3)4-9(19,10(12,13)14)11(15,16)17/h7,19H,1,4-5H2,2-3H3/t7-/m1/s1. The van der Waals surface area contributed by atoms with Crippen LogP contribution >= 0.6 is 0 Å². The van der Waals surface area contributed by atoms with Crippen molar-refractivity contribution in [3.8, 4) is 0 Å². The smallest absolute Gasteiger partial charge is 0.426 e. The van der Waals surface area contributed by atoms with E-state index in [0.717, 1.165) is 6.92 Å². The predicted molar refractivity (Wildman–Crippen MR) is 56.6 cm³/mol. The average molecular weight is 308 g/mol. The lowest BCUT2D eigenvalue weighted by atomic mass is 9.90. The maximum atomic E-state index is 12.4. The van der Waals surface area contributed by atoms with E-state index in [4.69, 9.17) is 5.11 Å². The second kappa shape index (κ2) is 6.02. The Balaban J connectivity index is 4.87. The van der Waals surface area contributed by atoms with Crippen molar-refractivity contribution < 1.29 is 41.0 Å². The summed E-state index contributed by atoms with van der Waals surface area (Å²) in [7, 11) is 0. The second-order valence-electron chi connectivity index (χ2n) is 4.54. The van der Waals surface area contributed by atoms with Gasteiger partial charge in [-0.1, -0.05) is 13.5 Å². The van der Waals surface area contributed by atoms with Crippen molar-refractivity contribution in [2.45, 2.75) is 38.2 Å². The zero-order valence-corrected chi connectivity index (χ0v) is 10.7. The number of esters is 1. The molecule has 3 nitrogen and oxygen atoms in total. The van der Waals surface area contributed by atoms with Crippen LogP contribution in [0.5, 0.6) is 0 Å². The summed E-state index contributed by atoms with van der Waals surface area (Å²) in [4.78, 5) is 11.0. The van der Waals surface area contributed by atoms with E-state index in [9.17, 15) is 31.1 Å². The van der Waals surface area contributed by atoms with Crippen LogP contribution in [0.4, 0.5) is 26.3 Å². The van der Waals surface area contributed by atoms with Crippen molar-refractivity contribution >= 4 is 5.97 Å². The van der Waals surface area contributed by atoms with Crippen molar-refractivity contribution in [1.82, 2.24) is 0 Å². The molecule has 0 spiro atoms. The molecule has 0 aliphatic carbocycles. The quantitative estimate of drug-likeness (QED) is 0.482. The van der Waals surface area contributed by atoms with Crippen LogP contribution in [0.3, 0.4) is 0 Å². The maximum absolute atomic E-state index is 12.4. The van der Waals surface area contributed by atoms with Gasteiger partial charge in [0.2, 0.25) is 0 Å². The zero-order chi connectivity index (χ0) is 16.4. The summed E-state index contributed by atoms with van der Waals surface area (Å²) in [5.74, 6) is -2.29. The van der Waals surface area contributed by atoms with Gasteiger partial charge in [0.25, 0.3) is 5.60 Å². The molecular formula is C11H14F6O3. The molecule has 0 bridgehead atoms. The molecule has 0 unspecified atom stereocenters. The fourth-order valence-corrected chi connectivity index (χ4v) is 1.30. The van der Waals surface area contributed by atoms with E-state index < -0.39 is 42.9 Å². The van der Waals surface area contributed by atoms with Crippen LogP contribution in [0.15, 0.2) is 12.2 Å². The van der Waals surface area contributed by atoms with Gasteiger partial charge in [0.05, 0.1) is 6.61 Å². The summed E-state index contributed by atoms with van der Waals surface area (Å²) in [6.07, 6.45) is -13.4. The van der Waals surface area contributed by atoms with Gasteiger partial charge in [0, 0.05) is 12.0 Å². The highest BCUT2D eigenvalue weighted by Crippen LogP contribution is 2.46. The molecule has 0 aromatic carbocycles. The van der Waals surface area contributed by atoms with Gasteiger partial charge >= 0.3 is 18.3 Å². The lowest BCUT2D eigenvalue weighted by molar-refractivity contribution is -0.372. The lowest BCUT2D eigenvalue weighted by Crippen LogP contribution is -2.57. The van der Waals surface area contributed by atoms with Gasteiger partial charge < -0.3 is 9.84 Å². The molecule has 9 heteroatoms. The van der Waals surface area contributed by atoms with Gasteiger partial charge in [-0.3, -0.25) is 0 Å². The first-order chi connectivity index (χ1) is 8.72. The molecular weight excluding hydrogens is 294 g/mol. The molecule has 0 saturated carbocycles. The van der Waals surface area contributed by atoms with Gasteiger partial charge in [0.1, 0.15) is 0 Å². The van der Waals surface area contributed by atoms with E-state index >= 15 is 0 Å². The number of hydrogen-bond donors (Lipinski definition) is 1. The summed E-state index contributed by atoms with van der Waals surface area (Å²) in [5, 5.41) is 8.92. The Hall–Kier alpha value is -1.25. The van der Waals surface area contributed by atoms with Crippen LogP contribution in [0.1, 0.15) is 20.3 Å². The minimum Gasteiger partial charge on any atom is -0.462 e. The van der Waals surface area contributed by atoms with Gasteiger partial charge in [-0.05, 0) is 12.8 Å². The first kappa shape index (κ1) is 18.8. The number of rotatable bonds is 5.